The lowest BCUT2D eigenvalue weighted by atomic mass is 9.94. The topological polar surface area (TPSA) is 67.2 Å². The molecule has 28 heavy (non-hydrogen) atoms. The molecule has 0 spiro atoms. The van der Waals surface area contributed by atoms with Gasteiger partial charge in [-0.3, -0.25) is 9.59 Å². The van der Waals surface area contributed by atoms with Gasteiger partial charge in [0.1, 0.15) is 12.4 Å². The molecule has 2 amide bonds. The van der Waals surface area contributed by atoms with Gasteiger partial charge in [-0.25, -0.2) is 4.98 Å². The Labute approximate surface area is 166 Å². The normalized spacial score (nSPS) is 17.6. The number of hydrogen-bond acceptors (Lipinski definition) is 3. The number of aromatic nitrogens is 2. The molecule has 4 rings (SSSR count). The minimum atomic E-state index is 0.137. The van der Waals surface area contributed by atoms with E-state index in [0.29, 0.717) is 25.6 Å². The third-order valence-electron chi connectivity index (χ3n) is 6.14. The van der Waals surface area contributed by atoms with Crippen LogP contribution in [0, 0.1) is 5.92 Å². The average molecular weight is 383 g/mol. The van der Waals surface area contributed by atoms with Crippen LogP contribution in [0.25, 0.3) is 11.0 Å². The quantitative estimate of drug-likeness (QED) is 0.801. The number of amides is 2. The first-order valence-electron chi connectivity index (χ1n) is 10.6. The van der Waals surface area contributed by atoms with E-state index in [1.54, 1.807) is 0 Å². The summed E-state index contributed by atoms with van der Waals surface area (Å²) in [6.45, 7) is 0.866. The Bertz CT molecular complexity index is 849. The maximum absolute atomic E-state index is 13.0. The van der Waals surface area contributed by atoms with Crippen molar-refractivity contribution in [1.29, 1.82) is 0 Å². The number of para-hydroxylation sites is 2. The lowest BCUT2D eigenvalue weighted by Gasteiger charge is -2.31. The van der Waals surface area contributed by atoms with Gasteiger partial charge in [-0.1, -0.05) is 31.4 Å². The molecule has 0 unspecified atom stereocenters. The molecular formula is C22H30N4O2. The lowest BCUT2D eigenvalue weighted by Crippen LogP contribution is -2.40. The molecule has 150 valence electrons. The largest absolute Gasteiger partial charge is 0.355 e. The lowest BCUT2D eigenvalue weighted by molar-refractivity contribution is -0.133. The summed E-state index contributed by atoms with van der Waals surface area (Å²) in [7, 11) is 1.94. The summed E-state index contributed by atoms with van der Waals surface area (Å²) >= 11 is 0. The molecular weight excluding hydrogens is 352 g/mol. The average Bonchev–Trinajstić information content (AvgIpc) is 3.52. The minimum absolute atomic E-state index is 0.137. The third kappa shape index (κ3) is 4.21. The first-order valence-corrected chi connectivity index (χ1v) is 10.6. The van der Waals surface area contributed by atoms with E-state index in [9.17, 15) is 9.59 Å². The zero-order valence-electron chi connectivity index (χ0n) is 16.7. The molecule has 1 heterocycles. The smallest absolute Gasteiger partial charge is 0.242 e. The molecule has 0 atom stereocenters. The van der Waals surface area contributed by atoms with Gasteiger partial charge < -0.3 is 14.8 Å². The minimum Gasteiger partial charge on any atom is -0.355 e. The van der Waals surface area contributed by atoms with Crippen LogP contribution in [0.15, 0.2) is 24.3 Å². The van der Waals surface area contributed by atoms with Crippen molar-refractivity contribution in [2.24, 2.45) is 5.92 Å². The van der Waals surface area contributed by atoms with Crippen LogP contribution in [0.1, 0.15) is 50.8 Å². The van der Waals surface area contributed by atoms with Crippen molar-refractivity contribution >= 4 is 22.8 Å². The van der Waals surface area contributed by atoms with E-state index in [1.807, 2.05) is 40.8 Å². The zero-order valence-corrected chi connectivity index (χ0v) is 16.7. The van der Waals surface area contributed by atoms with E-state index in [1.165, 1.54) is 19.3 Å². The van der Waals surface area contributed by atoms with Crippen molar-refractivity contribution in [3.8, 4) is 0 Å². The maximum Gasteiger partial charge on any atom is 0.242 e. The molecule has 2 aliphatic carbocycles. The Balaban J connectivity index is 1.47. The number of imidazole rings is 1. The molecule has 2 saturated carbocycles. The molecule has 0 radical (unpaired) electrons. The predicted octanol–water partition coefficient (Wildman–Crippen LogP) is 2.90. The summed E-state index contributed by atoms with van der Waals surface area (Å²) in [4.78, 5) is 31.6. The molecule has 6 nitrogen and oxygen atoms in total. The molecule has 2 aromatic rings. The van der Waals surface area contributed by atoms with Crippen molar-refractivity contribution < 1.29 is 9.59 Å². The summed E-state index contributed by atoms with van der Waals surface area (Å²) in [6.07, 6.45) is 8.55. The van der Waals surface area contributed by atoms with Crippen LogP contribution >= 0.6 is 0 Å². The van der Waals surface area contributed by atoms with Gasteiger partial charge in [-0.2, -0.15) is 0 Å². The van der Waals surface area contributed by atoms with E-state index in [0.717, 1.165) is 42.5 Å². The van der Waals surface area contributed by atoms with Crippen LogP contribution in [-0.2, 0) is 22.6 Å². The number of rotatable bonds is 7. The first kappa shape index (κ1) is 19.0. The SMILES string of the molecule is CN(C(=O)Cn1c(CCNC(=O)C2CC2)nc2ccccc21)C1CCCCC1. The highest BCUT2D eigenvalue weighted by molar-refractivity contribution is 5.82. The van der Waals surface area contributed by atoms with Gasteiger partial charge in [0.25, 0.3) is 0 Å². The highest BCUT2D eigenvalue weighted by Gasteiger charge is 2.29. The van der Waals surface area contributed by atoms with Crippen molar-refractivity contribution in [2.75, 3.05) is 13.6 Å². The van der Waals surface area contributed by atoms with Gasteiger partial charge in [-0.05, 0) is 37.8 Å². The molecule has 1 aromatic carbocycles. The second-order valence-corrected chi connectivity index (χ2v) is 8.21. The fourth-order valence-electron chi connectivity index (χ4n) is 4.20. The number of benzene rings is 1. The molecule has 2 fully saturated rings. The van der Waals surface area contributed by atoms with Crippen LogP contribution in [-0.4, -0.2) is 45.9 Å². The Morgan fingerprint density at radius 1 is 1.14 bits per heavy atom. The molecule has 2 aliphatic rings. The maximum atomic E-state index is 13.0. The highest BCUT2D eigenvalue weighted by Crippen LogP contribution is 2.28. The fourth-order valence-corrected chi connectivity index (χ4v) is 4.20. The first-order chi connectivity index (χ1) is 13.6. The summed E-state index contributed by atoms with van der Waals surface area (Å²) in [6, 6.07) is 8.30. The Morgan fingerprint density at radius 2 is 1.89 bits per heavy atom. The Morgan fingerprint density at radius 3 is 2.64 bits per heavy atom. The summed E-state index contributed by atoms with van der Waals surface area (Å²) in [5.74, 6) is 1.36. The Hall–Kier alpha value is -2.37. The van der Waals surface area contributed by atoms with Crippen LogP contribution in [0.2, 0.25) is 0 Å². The molecule has 0 aliphatic heterocycles. The molecule has 0 bridgehead atoms. The van der Waals surface area contributed by atoms with Crippen LogP contribution < -0.4 is 5.32 Å². The van der Waals surface area contributed by atoms with E-state index in [2.05, 4.69) is 5.32 Å². The number of nitrogens with zero attached hydrogens (tertiary/aromatic N) is 3. The summed E-state index contributed by atoms with van der Waals surface area (Å²) < 4.78 is 2.03. The number of carbonyl (C=O) groups is 2. The number of hydrogen-bond donors (Lipinski definition) is 1. The van der Waals surface area contributed by atoms with E-state index in [-0.39, 0.29) is 17.7 Å². The third-order valence-corrected chi connectivity index (χ3v) is 6.14. The molecule has 1 N–H and O–H groups in total. The molecule has 1 aromatic heterocycles. The second kappa shape index (κ2) is 8.33. The number of carbonyl (C=O) groups excluding carboxylic acids is 2. The van der Waals surface area contributed by atoms with Gasteiger partial charge in [0.15, 0.2) is 0 Å². The van der Waals surface area contributed by atoms with Gasteiger partial charge in [0, 0.05) is 32.0 Å². The van der Waals surface area contributed by atoms with Gasteiger partial charge in [-0.15, -0.1) is 0 Å². The highest BCUT2D eigenvalue weighted by atomic mass is 16.2. The molecule has 0 saturated heterocycles. The Kier molecular flexibility index (Phi) is 5.64. The van der Waals surface area contributed by atoms with Crippen LogP contribution in [0.5, 0.6) is 0 Å². The monoisotopic (exact) mass is 382 g/mol. The van der Waals surface area contributed by atoms with E-state index in [4.69, 9.17) is 4.98 Å². The zero-order chi connectivity index (χ0) is 19.5. The predicted molar refractivity (Wildman–Crippen MR) is 109 cm³/mol. The summed E-state index contributed by atoms with van der Waals surface area (Å²) in [5.41, 5.74) is 1.88. The number of fused-ring (bicyclic) bond motifs is 1. The number of likely N-dealkylation sites (N-methyl/N-ethyl adjacent to an activating group) is 1. The van der Waals surface area contributed by atoms with Crippen LogP contribution in [0.4, 0.5) is 0 Å². The standard InChI is InChI=1S/C22H30N4O2/c1-25(17-7-3-2-4-8-17)21(27)15-26-19-10-6-5-9-18(19)24-20(26)13-14-23-22(28)16-11-12-16/h5-6,9-10,16-17H,2-4,7-8,11-15H2,1H3,(H,23,28). The van der Waals surface area contributed by atoms with Gasteiger partial charge in [0.05, 0.1) is 11.0 Å². The van der Waals surface area contributed by atoms with Gasteiger partial charge in [0.2, 0.25) is 11.8 Å². The number of nitrogens with one attached hydrogen (secondary N) is 1. The van der Waals surface area contributed by atoms with Crippen molar-refractivity contribution in [1.82, 2.24) is 19.8 Å². The van der Waals surface area contributed by atoms with Crippen LogP contribution in [0.3, 0.4) is 0 Å². The fraction of sp³-hybridized carbons (Fsp3) is 0.591. The van der Waals surface area contributed by atoms with E-state index < -0.39 is 0 Å². The van der Waals surface area contributed by atoms with Crippen molar-refractivity contribution in [3.63, 3.8) is 0 Å². The second-order valence-electron chi connectivity index (χ2n) is 8.21. The van der Waals surface area contributed by atoms with Crippen molar-refractivity contribution in [2.45, 2.75) is 64.0 Å². The van der Waals surface area contributed by atoms with E-state index >= 15 is 0 Å². The van der Waals surface area contributed by atoms with Crippen molar-refractivity contribution in [3.05, 3.63) is 30.1 Å². The summed E-state index contributed by atoms with van der Waals surface area (Å²) in [5, 5.41) is 3.00. The molecule has 6 heteroatoms. The van der Waals surface area contributed by atoms with Gasteiger partial charge >= 0.3 is 0 Å².